The lowest BCUT2D eigenvalue weighted by molar-refractivity contribution is -0.124. The number of aromatic amines is 1. The van der Waals surface area contributed by atoms with E-state index in [1.807, 2.05) is 6.92 Å². The van der Waals surface area contributed by atoms with Gasteiger partial charge in [-0.15, -0.1) is 0 Å². The summed E-state index contributed by atoms with van der Waals surface area (Å²) in [5.41, 5.74) is -0.0760. The Hall–Kier alpha value is -2.58. The summed E-state index contributed by atoms with van der Waals surface area (Å²) >= 11 is 0. The smallest absolute Gasteiger partial charge is 0.293 e. The van der Waals surface area contributed by atoms with Crippen LogP contribution in [0.3, 0.4) is 0 Å². The number of likely N-dealkylation sites (tertiary alicyclic amines) is 1. The van der Waals surface area contributed by atoms with Crippen LogP contribution in [-0.2, 0) is 9.63 Å². The predicted molar refractivity (Wildman–Crippen MR) is 88.3 cm³/mol. The predicted octanol–water partition coefficient (Wildman–Crippen LogP) is 0.552. The van der Waals surface area contributed by atoms with Crippen molar-refractivity contribution in [3.63, 3.8) is 0 Å². The van der Waals surface area contributed by atoms with E-state index >= 15 is 0 Å². The van der Waals surface area contributed by atoms with E-state index in [-0.39, 0.29) is 29.4 Å². The highest BCUT2D eigenvalue weighted by molar-refractivity contribution is 6.39. The van der Waals surface area contributed by atoms with Crippen LogP contribution in [0.15, 0.2) is 14.5 Å². The highest BCUT2D eigenvalue weighted by Crippen LogP contribution is 2.16. The fourth-order valence-electron chi connectivity index (χ4n) is 3.16. The van der Waals surface area contributed by atoms with Crippen molar-refractivity contribution < 1.29 is 18.9 Å². The van der Waals surface area contributed by atoms with Gasteiger partial charge in [0.1, 0.15) is 23.1 Å². The van der Waals surface area contributed by atoms with Crippen LogP contribution in [0.1, 0.15) is 48.7 Å². The Morgan fingerprint density at radius 2 is 2.12 bits per heavy atom. The van der Waals surface area contributed by atoms with Crippen LogP contribution in [0.2, 0.25) is 0 Å². The summed E-state index contributed by atoms with van der Waals surface area (Å²) in [6.45, 7) is 4.57. The van der Waals surface area contributed by atoms with Crippen LogP contribution in [-0.4, -0.2) is 52.8 Å². The fourth-order valence-corrected chi connectivity index (χ4v) is 3.16. The first-order chi connectivity index (χ1) is 12.0. The van der Waals surface area contributed by atoms with E-state index in [2.05, 4.69) is 15.6 Å². The number of nitrogens with one attached hydrogen (secondary N) is 2. The molecule has 2 unspecified atom stereocenters. The second-order valence-corrected chi connectivity index (χ2v) is 6.52. The quantitative estimate of drug-likeness (QED) is 0.826. The zero-order valence-corrected chi connectivity index (χ0v) is 14.3. The van der Waals surface area contributed by atoms with Crippen LogP contribution in [0, 0.1) is 6.92 Å². The number of carbonyl (C=O) groups is 2. The van der Waals surface area contributed by atoms with Crippen molar-refractivity contribution in [2.24, 2.45) is 5.16 Å². The molecule has 1 saturated heterocycles. The van der Waals surface area contributed by atoms with Crippen molar-refractivity contribution in [1.82, 2.24) is 15.4 Å². The Balaban J connectivity index is 1.58. The molecule has 3 heterocycles. The minimum Gasteiger partial charge on any atom is -0.392 e. The number of hydrogen-bond donors (Lipinski definition) is 2. The number of aryl methyl sites for hydroxylation is 1. The van der Waals surface area contributed by atoms with E-state index in [9.17, 15) is 14.4 Å². The maximum absolute atomic E-state index is 12.5. The lowest BCUT2D eigenvalue weighted by atomic mass is 10.1. The Morgan fingerprint density at radius 3 is 2.76 bits per heavy atom. The van der Waals surface area contributed by atoms with E-state index < -0.39 is 11.5 Å². The second-order valence-electron chi connectivity index (χ2n) is 6.52. The van der Waals surface area contributed by atoms with Crippen molar-refractivity contribution in [3.8, 4) is 0 Å². The normalized spacial score (nSPS) is 23.6. The molecule has 0 bridgehead atoms. The number of oxime groups is 1. The number of aromatic nitrogens is 1. The minimum absolute atomic E-state index is 0.00336. The van der Waals surface area contributed by atoms with Crippen LogP contribution >= 0.6 is 0 Å². The third-order valence-electron chi connectivity index (χ3n) is 4.52. The van der Waals surface area contributed by atoms with E-state index in [4.69, 9.17) is 9.36 Å². The summed E-state index contributed by atoms with van der Waals surface area (Å²) in [4.78, 5) is 43.2. The molecule has 9 nitrogen and oxygen atoms in total. The third-order valence-corrected chi connectivity index (χ3v) is 4.52. The summed E-state index contributed by atoms with van der Waals surface area (Å²) in [7, 11) is 0. The van der Waals surface area contributed by atoms with Crippen molar-refractivity contribution in [1.29, 1.82) is 0 Å². The van der Waals surface area contributed by atoms with Gasteiger partial charge in [0, 0.05) is 25.6 Å². The molecule has 1 fully saturated rings. The molecule has 0 saturated carbocycles. The molecule has 0 radical (unpaired) electrons. The van der Waals surface area contributed by atoms with Crippen molar-refractivity contribution in [2.45, 2.75) is 51.7 Å². The van der Waals surface area contributed by atoms with Gasteiger partial charge in [-0.1, -0.05) is 5.16 Å². The summed E-state index contributed by atoms with van der Waals surface area (Å²) in [6.07, 6.45) is 2.59. The van der Waals surface area contributed by atoms with Gasteiger partial charge in [-0.3, -0.25) is 14.4 Å². The standard InChI is InChI=1S/C16H22N4O5/c1-9-8-12(18-24-9)16(23)20-6-3-4-11(5-7-20)17-14(21)13-10(2)25-19-15(13)22/h9,11H,3-8H2,1-2H3,(H,17,21)(H,19,22). The first-order valence-corrected chi connectivity index (χ1v) is 8.46. The van der Waals surface area contributed by atoms with Gasteiger partial charge in [-0.25, -0.2) is 0 Å². The number of amides is 2. The number of hydrogen-bond acceptors (Lipinski definition) is 6. The van der Waals surface area contributed by atoms with Crippen LogP contribution in [0.4, 0.5) is 0 Å². The summed E-state index contributed by atoms with van der Waals surface area (Å²) in [5, 5.41) is 8.87. The maximum Gasteiger partial charge on any atom is 0.293 e. The van der Waals surface area contributed by atoms with E-state index in [0.717, 1.165) is 12.8 Å². The van der Waals surface area contributed by atoms with Gasteiger partial charge in [0.15, 0.2) is 0 Å². The Morgan fingerprint density at radius 1 is 1.32 bits per heavy atom. The van der Waals surface area contributed by atoms with E-state index in [0.29, 0.717) is 31.6 Å². The molecule has 2 aliphatic rings. The molecule has 0 spiro atoms. The van der Waals surface area contributed by atoms with Crippen molar-refractivity contribution >= 4 is 17.5 Å². The molecule has 136 valence electrons. The van der Waals surface area contributed by atoms with Gasteiger partial charge in [0.2, 0.25) is 0 Å². The van der Waals surface area contributed by atoms with Gasteiger partial charge >= 0.3 is 0 Å². The van der Waals surface area contributed by atoms with Gasteiger partial charge < -0.3 is 19.6 Å². The summed E-state index contributed by atoms with van der Waals surface area (Å²) in [5.74, 6) is -0.278. The average Bonchev–Trinajstić information content (AvgIpc) is 3.06. The van der Waals surface area contributed by atoms with Gasteiger partial charge in [-0.2, -0.15) is 5.16 Å². The van der Waals surface area contributed by atoms with Crippen LogP contribution in [0.5, 0.6) is 0 Å². The SMILES string of the molecule is Cc1o[nH]c(=O)c1C(=O)NC1CCCN(C(=O)C2=NOC(C)C2)CC1. The molecule has 25 heavy (non-hydrogen) atoms. The first kappa shape index (κ1) is 17.2. The third kappa shape index (κ3) is 3.75. The molecular formula is C16H22N4O5. The second kappa shape index (κ2) is 7.12. The largest absolute Gasteiger partial charge is 0.392 e. The monoisotopic (exact) mass is 350 g/mol. The molecule has 2 amide bonds. The highest BCUT2D eigenvalue weighted by atomic mass is 16.6. The van der Waals surface area contributed by atoms with E-state index in [1.165, 1.54) is 0 Å². The van der Waals surface area contributed by atoms with Crippen molar-refractivity contribution in [2.75, 3.05) is 13.1 Å². The number of nitrogens with zero attached hydrogens (tertiary/aromatic N) is 2. The molecule has 2 atom stereocenters. The van der Waals surface area contributed by atoms with Crippen LogP contribution in [0.25, 0.3) is 0 Å². The topological polar surface area (TPSA) is 117 Å². The summed E-state index contributed by atoms with van der Waals surface area (Å²) in [6, 6.07) is -0.0975. The molecular weight excluding hydrogens is 328 g/mol. The van der Waals surface area contributed by atoms with E-state index in [1.54, 1.807) is 11.8 Å². The molecule has 1 aromatic rings. The van der Waals surface area contributed by atoms with Crippen LogP contribution < -0.4 is 10.9 Å². The Bertz CT molecular complexity index is 750. The highest BCUT2D eigenvalue weighted by Gasteiger charge is 2.29. The lowest BCUT2D eigenvalue weighted by Crippen LogP contribution is -2.39. The molecule has 2 N–H and O–H groups in total. The maximum atomic E-state index is 12.5. The molecule has 0 aliphatic carbocycles. The summed E-state index contributed by atoms with van der Waals surface area (Å²) < 4.78 is 4.87. The first-order valence-electron chi connectivity index (χ1n) is 8.46. The molecule has 2 aliphatic heterocycles. The number of carbonyl (C=O) groups excluding carboxylic acids is 2. The van der Waals surface area contributed by atoms with Crippen molar-refractivity contribution in [3.05, 3.63) is 21.7 Å². The fraction of sp³-hybridized carbons (Fsp3) is 0.625. The Labute approximate surface area is 144 Å². The van der Waals surface area contributed by atoms with Gasteiger partial charge in [0.05, 0.1) is 0 Å². The molecule has 3 rings (SSSR count). The Kier molecular flexibility index (Phi) is 4.91. The zero-order chi connectivity index (χ0) is 18.0. The average molecular weight is 350 g/mol. The van der Waals surface area contributed by atoms with Gasteiger partial charge in [0.25, 0.3) is 17.4 Å². The molecule has 0 aromatic carbocycles. The lowest BCUT2D eigenvalue weighted by Gasteiger charge is -2.20. The zero-order valence-electron chi connectivity index (χ0n) is 14.3. The minimum atomic E-state index is -0.534. The van der Waals surface area contributed by atoms with Gasteiger partial charge in [-0.05, 0) is 33.1 Å². The number of rotatable bonds is 3. The molecule has 1 aromatic heterocycles. The number of H-pyrrole nitrogens is 1. The molecule has 9 heteroatoms.